The third-order valence-electron chi connectivity index (χ3n) is 2.47. The first kappa shape index (κ1) is 9.77. The zero-order valence-corrected chi connectivity index (χ0v) is 8.86. The minimum atomic E-state index is -0.0179. The van der Waals surface area contributed by atoms with E-state index in [1.165, 1.54) is 11.6 Å². The van der Waals surface area contributed by atoms with Crippen LogP contribution >= 0.6 is 0 Å². The molecule has 1 heterocycles. The Morgan fingerprint density at radius 2 is 1.93 bits per heavy atom. The summed E-state index contributed by atoms with van der Waals surface area (Å²) < 4.78 is 5.06. The highest BCUT2D eigenvalue weighted by molar-refractivity contribution is 6.04. The molecule has 1 aliphatic rings. The van der Waals surface area contributed by atoms with Crippen molar-refractivity contribution >= 4 is 11.6 Å². The van der Waals surface area contributed by atoms with Gasteiger partial charge in [0.25, 0.3) is 5.91 Å². The number of carbonyl (C=O) groups is 1. The van der Waals surface area contributed by atoms with E-state index in [2.05, 4.69) is 0 Å². The largest absolute Gasteiger partial charge is 0.499 e. The molecule has 0 N–H and O–H groups in total. The number of methoxy groups -OCH3 is 1. The summed E-state index contributed by atoms with van der Waals surface area (Å²) in [6.07, 6.45) is 1.53. The summed E-state index contributed by atoms with van der Waals surface area (Å²) in [6, 6.07) is 7.88. The van der Waals surface area contributed by atoms with Crippen molar-refractivity contribution < 1.29 is 9.53 Å². The summed E-state index contributed by atoms with van der Waals surface area (Å²) in [5, 5.41) is 0. The van der Waals surface area contributed by atoms with Crippen molar-refractivity contribution in [3.05, 3.63) is 41.7 Å². The van der Waals surface area contributed by atoms with Crippen molar-refractivity contribution in [3.8, 4) is 0 Å². The van der Waals surface area contributed by atoms with Gasteiger partial charge in [0.2, 0.25) is 0 Å². The topological polar surface area (TPSA) is 29.5 Å². The molecular weight excluding hydrogens is 190 g/mol. The van der Waals surface area contributed by atoms with Crippen molar-refractivity contribution in [3.63, 3.8) is 0 Å². The number of rotatable bonds is 2. The molecule has 0 unspecified atom stereocenters. The van der Waals surface area contributed by atoms with Gasteiger partial charge in [0, 0.05) is 11.8 Å². The SMILES string of the molecule is COC1=CC(=O)N(c2ccc(C)cc2)C1. The summed E-state index contributed by atoms with van der Waals surface area (Å²) in [6.45, 7) is 2.55. The highest BCUT2D eigenvalue weighted by atomic mass is 16.5. The van der Waals surface area contributed by atoms with Gasteiger partial charge >= 0.3 is 0 Å². The number of nitrogens with zero attached hydrogens (tertiary/aromatic N) is 1. The minimum Gasteiger partial charge on any atom is -0.499 e. The van der Waals surface area contributed by atoms with Crippen LogP contribution in [0.2, 0.25) is 0 Å². The van der Waals surface area contributed by atoms with Crippen LogP contribution in [0.4, 0.5) is 5.69 Å². The third kappa shape index (κ3) is 1.86. The molecule has 1 aromatic carbocycles. The molecule has 0 bridgehead atoms. The average Bonchev–Trinajstić information content (AvgIpc) is 2.61. The molecule has 78 valence electrons. The van der Waals surface area contributed by atoms with Crippen LogP contribution in [0.3, 0.4) is 0 Å². The molecule has 3 heteroatoms. The number of amides is 1. The molecule has 15 heavy (non-hydrogen) atoms. The highest BCUT2D eigenvalue weighted by Gasteiger charge is 2.23. The molecule has 0 radical (unpaired) electrons. The fourth-order valence-corrected chi connectivity index (χ4v) is 1.56. The highest BCUT2D eigenvalue weighted by Crippen LogP contribution is 2.21. The summed E-state index contributed by atoms with van der Waals surface area (Å²) in [5.74, 6) is 0.691. The van der Waals surface area contributed by atoms with E-state index in [9.17, 15) is 4.79 Å². The molecule has 1 aliphatic heterocycles. The van der Waals surface area contributed by atoms with E-state index in [-0.39, 0.29) is 5.91 Å². The first-order valence-corrected chi connectivity index (χ1v) is 4.83. The van der Waals surface area contributed by atoms with Crippen LogP contribution in [0.25, 0.3) is 0 Å². The summed E-state index contributed by atoms with van der Waals surface area (Å²) in [4.78, 5) is 13.3. The maximum atomic E-state index is 11.6. The van der Waals surface area contributed by atoms with E-state index in [1.54, 1.807) is 12.0 Å². The van der Waals surface area contributed by atoms with Crippen LogP contribution in [-0.2, 0) is 9.53 Å². The zero-order chi connectivity index (χ0) is 10.8. The minimum absolute atomic E-state index is 0.0179. The van der Waals surface area contributed by atoms with Gasteiger partial charge in [0.1, 0.15) is 5.76 Å². The second kappa shape index (κ2) is 3.77. The van der Waals surface area contributed by atoms with Gasteiger partial charge in [-0.25, -0.2) is 0 Å². The first-order chi connectivity index (χ1) is 7.20. The summed E-state index contributed by atoms with van der Waals surface area (Å²) in [7, 11) is 1.58. The number of hydrogen-bond donors (Lipinski definition) is 0. The van der Waals surface area contributed by atoms with E-state index >= 15 is 0 Å². The Balaban J connectivity index is 2.21. The van der Waals surface area contributed by atoms with E-state index < -0.39 is 0 Å². The Kier molecular flexibility index (Phi) is 2.46. The first-order valence-electron chi connectivity index (χ1n) is 4.83. The zero-order valence-electron chi connectivity index (χ0n) is 8.86. The molecule has 0 fully saturated rings. The molecule has 2 rings (SSSR count). The van der Waals surface area contributed by atoms with Crippen LogP contribution in [0.15, 0.2) is 36.1 Å². The second-order valence-electron chi connectivity index (χ2n) is 3.57. The number of hydrogen-bond acceptors (Lipinski definition) is 2. The molecule has 0 saturated carbocycles. The van der Waals surface area contributed by atoms with Gasteiger partial charge in [-0.3, -0.25) is 4.79 Å². The maximum absolute atomic E-state index is 11.6. The van der Waals surface area contributed by atoms with Crippen molar-refractivity contribution in [1.82, 2.24) is 0 Å². The lowest BCUT2D eigenvalue weighted by Crippen LogP contribution is -2.25. The molecule has 0 spiro atoms. The lowest BCUT2D eigenvalue weighted by Gasteiger charge is -2.16. The van der Waals surface area contributed by atoms with E-state index in [0.29, 0.717) is 12.3 Å². The second-order valence-corrected chi connectivity index (χ2v) is 3.57. The van der Waals surface area contributed by atoms with Gasteiger partial charge in [-0.15, -0.1) is 0 Å². The van der Waals surface area contributed by atoms with Gasteiger partial charge in [-0.1, -0.05) is 17.7 Å². The van der Waals surface area contributed by atoms with Gasteiger partial charge in [-0.2, -0.15) is 0 Å². The predicted octanol–water partition coefficient (Wildman–Crippen LogP) is 1.87. The number of ether oxygens (including phenoxy) is 1. The number of anilines is 1. The monoisotopic (exact) mass is 203 g/mol. The van der Waals surface area contributed by atoms with Crippen LogP contribution in [0.1, 0.15) is 5.56 Å². The van der Waals surface area contributed by atoms with Crippen molar-refractivity contribution in [2.45, 2.75) is 6.92 Å². The van der Waals surface area contributed by atoms with E-state index in [1.807, 2.05) is 31.2 Å². The average molecular weight is 203 g/mol. The Hall–Kier alpha value is -1.77. The quantitative estimate of drug-likeness (QED) is 0.734. The van der Waals surface area contributed by atoms with E-state index in [4.69, 9.17) is 4.74 Å². The number of benzene rings is 1. The third-order valence-corrected chi connectivity index (χ3v) is 2.47. The van der Waals surface area contributed by atoms with Crippen LogP contribution in [-0.4, -0.2) is 19.6 Å². The fourth-order valence-electron chi connectivity index (χ4n) is 1.56. The smallest absolute Gasteiger partial charge is 0.254 e. The standard InChI is InChI=1S/C12H13NO2/c1-9-3-5-10(6-4-9)13-8-11(15-2)7-12(13)14/h3-7H,8H2,1-2H3. The van der Waals surface area contributed by atoms with Crippen molar-refractivity contribution in [2.24, 2.45) is 0 Å². The Labute approximate surface area is 89.0 Å². The Bertz CT molecular complexity index is 406. The fraction of sp³-hybridized carbons (Fsp3) is 0.250. The molecule has 0 atom stereocenters. The lowest BCUT2D eigenvalue weighted by atomic mass is 10.2. The van der Waals surface area contributed by atoms with Crippen LogP contribution < -0.4 is 4.90 Å². The van der Waals surface area contributed by atoms with Gasteiger partial charge in [0.15, 0.2) is 0 Å². The number of aryl methyl sites for hydroxylation is 1. The summed E-state index contributed by atoms with van der Waals surface area (Å²) >= 11 is 0. The predicted molar refractivity (Wildman–Crippen MR) is 58.6 cm³/mol. The Morgan fingerprint density at radius 3 is 2.47 bits per heavy atom. The van der Waals surface area contributed by atoms with E-state index in [0.717, 1.165) is 5.69 Å². The lowest BCUT2D eigenvalue weighted by molar-refractivity contribution is -0.113. The maximum Gasteiger partial charge on any atom is 0.254 e. The Morgan fingerprint density at radius 1 is 1.27 bits per heavy atom. The van der Waals surface area contributed by atoms with Crippen molar-refractivity contribution in [2.75, 3.05) is 18.6 Å². The summed E-state index contributed by atoms with van der Waals surface area (Å²) in [5.41, 5.74) is 2.10. The van der Waals surface area contributed by atoms with Crippen LogP contribution in [0, 0.1) is 6.92 Å². The molecule has 3 nitrogen and oxygen atoms in total. The number of carbonyl (C=O) groups excluding carboxylic acids is 1. The molecule has 1 amide bonds. The van der Waals surface area contributed by atoms with Crippen molar-refractivity contribution in [1.29, 1.82) is 0 Å². The molecule has 0 aromatic heterocycles. The van der Waals surface area contributed by atoms with Gasteiger partial charge in [0.05, 0.1) is 13.7 Å². The molecule has 0 saturated heterocycles. The normalized spacial score (nSPS) is 15.5. The molecule has 0 aliphatic carbocycles. The molecule has 1 aromatic rings. The van der Waals surface area contributed by atoms with Gasteiger partial charge < -0.3 is 9.64 Å². The molecular formula is C12H13NO2. The van der Waals surface area contributed by atoms with Crippen LogP contribution in [0.5, 0.6) is 0 Å². The van der Waals surface area contributed by atoms with Gasteiger partial charge in [-0.05, 0) is 19.1 Å².